The van der Waals surface area contributed by atoms with Crippen molar-refractivity contribution in [1.82, 2.24) is 0 Å². The van der Waals surface area contributed by atoms with Crippen molar-refractivity contribution in [3.05, 3.63) is 0 Å². The van der Waals surface area contributed by atoms with E-state index in [1.54, 1.807) is 0 Å². The van der Waals surface area contributed by atoms with Gasteiger partial charge >= 0.3 is 44.4 Å². The standard InChI is InChI=1S/5ClH.Fe.Pb/h5*1H;;/q;;;;;+3;+2/p-5. The minimum atomic E-state index is 0. The van der Waals surface area contributed by atoms with Gasteiger partial charge in [-0.3, -0.25) is 0 Å². The van der Waals surface area contributed by atoms with Gasteiger partial charge in [0, 0.05) is 0 Å². The van der Waals surface area contributed by atoms with Gasteiger partial charge in [0.2, 0.25) is 0 Å². The van der Waals surface area contributed by atoms with Gasteiger partial charge < -0.3 is 62.0 Å². The topological polar surface area (TPSA) is 0 Å². The minimum Gasteiger partial charge on any atom is -1.00 e. The Morgan fingerprint density at radius 2 is 0.429 bits per heavy atom. The van der Waals surface area contributed by atoms with Crippen LogP contribution in [0.25, 0.3) is 0 Å². The van der Waals surface area contributed by atoms with E-state index in [1.165, 1.54) is 0 Å². The van der Waals surface area contributed by atoms with Crippen LogP contribution >= 0.6 is 0 Å². The number of halogens is 5. The molecule has 0 saturated heterocycles. The smallest absolute Gasteiger partial charge is 1.00 e. The van der Waals surface area contributed by atoms with Crippen LogP contribution in [0.15, 0.2) is 0 Å². The Kier molecular flexibility index (Phi) is 885. The summed E-state index contributed by atoms with van der Waals surface area (Å²) in [4.78, 5) is 0. The van der Waals surface area contributed by atoms with Crippen LogP contribution in [0, 0.1) is 0 Å². The van der Waals surface area contributed by atoms with Gasteiger partial charge in [-0.2, -0.15) is 0 Å². The molecule has 0 aliphatic heterocycles. The second kappa shape index (κ2) is 66.2. The van der Waals surface area contributed by atoms with Gasteiger partial charge in [0.05, 0.1) is 0 Å². The van der Waals surface area contributed by atoms with Crippen molar-refractivity contribution in [2.75, 3.05) is 0 Å². The molecule has 0 rings (SSSR count). The second-order valence-electron chi connectivity index (χ2n) is 0. The van der Waals surface area contributed by atoms with Crippen LogP contribution in [0.1, 0.15) is 0 Å². The van der Waals surface area contributed by atoms with Gasteiger partial charge in [0.25, 0.3) is 0 Å². The summed E-state index contributed by atoms with van der Waals surface area (Å²) in [6, 6.07) is 0. The Morgan fingerprint density at radius 3 is 0.429 bits per heavy atom. The fourth-order valence-corrected chi connectivity index (χ4v) is 0. The quantitative estimate of drug-likeness (QED) is 0.329. The summed E-state index contributed by atoms with van der Waals surface area (Å²) in [7, 11) is 0. The molecular formula is Cl5FePb. The van der Waals surface area contributed by atoms with Crippen molar-refractivity contribution in [2.24, 2.45) is 0 Å². The van der Waals surface area contributed by atoms with Crippen molar-refractivity contribution >= 4 is 27.3 Å². The zero-order valence-corrected chi connectivity index (χ0v) is 11.5. The zero-order valence-electron chi connectivity index (χ0n) is 2.74. The van der Waals surface area contributed by atoms with E-state index in [0.717, 1.165) is 0 Å². The average molecular weight is 440 g/mol. The van der Waals surface area contributed by atoms with Crippen LogP contribution in [-0.2, 0) is 17.1 Å². The molecule has 0 bridgehead atoms. The molecule has 0 heterocycles. The molecular weight excluding hydrogens is 440 g/mol. The van der Waals surface area contributed by atoms with Gasteiger partial charge in [0.1, 0.15) is 0 Å². The van der Waals surface area contributed by atoms with Crippen molar-refractivity contribution in [1.29, 1.82) is 0 Å². The van der Waals surface area contributed by atoms with Crippen molar-refractivity contribution in [3.8, 4) is 0 Å². The molecule has 0 nitrogen and oxygen atoms in total. The van der Waals surface area contributed by atoms with Gasteiger partial charge in [-0.15, -0.1) is 0 Å². The van der Waals surface area contributed by atoms with E-state index in [4.69, 9.17) is 0 Å². The van der Waals surface area contributed by atoms with Crippen molar-refractivity contribution in [2.45, 2.75) is 0 Å². The molecule has 0 atom stereocenters. The van der Waals surface area contributed by atoms with E-state index in [2.05, 4.69) is 0 Å². The molecule has 7 heavy (non-hydrogen) atoms. The molecule has 0 N–H and O–H groups in total. The third kappa shape index (κ3) is 50.5. The maximum absolute atomic E-state index is 0. The van der Waals surface area contributed by atoms with Crippen LogP contribution in [0.4, 0.5) is 0 Å². The predicted octanol–water partition coefficient (Wildman–Crippen LogP) is -15.4. The molecule has 0 amide bonds. The molecule has 0 fully saturated rings. The minimum absolute atomic E-state index is 0. The first-order chi connectivity index (χ1) is 0. The fourth-order valence-electron chi connectivity index (χ4n) is 0. The average Bonchev–Trinajstić information content (AvgIpc) is 0. The van der Waals surface area contributed by atoms with Crippen molar-refractivity contribution in [3.63, 3.8) is 0 Å². The van der Waals surface area contributed by atoms with Crippen LogP contribution in [0.5, 0.6) is 0 Å². The molecule has 47 valence electrons. The first-order valence-electron chi connectivity index (χ1n) is 0. The number of rotatable bonds is 0. The third-order valence-corrected chi connectivity index (χ3v) is 0. The zero-order chi connectivity index (χ0) is 0. The maximum atomic E-state index is 0. The SMILES string of the molecule is [Cl-].[Cl-].[Cl-].[Cl-].[Cl-].[Fe+3].[Pb+2]. The summed E-state index contributed by atoms with van der Waals surface area (Å²) in [6.07, 6.45) is 0. The van der Waals surface area contributed by atoms with Gasteiger partial charge in [-0.25, -0.2) is 0 Å². The van der Waals surface area contributed by atoms with Crippen LogP contribution < -0.4 is 62.0 Å². The molecule has 0 aliphatic rings. The number of hydrogen-bond donors (Lipinski definition) is 0. The van der Waals surface area contributed by atoms with Crippen LogP contribution in [0.2, 0.25) is 0 Å². The molecule has 3 radical (unpaired) electrons. The maximum Gasteiger partial charge on any atom is 3.00 e. The Hall–Kier alpha value is 2.89. The normalized spacial score (nSPS) is 0. The predicted molar refractivity (Wildman–Crippen MR) is 5.75 cm³/mol. The van der Waals surface area contributed by atoms with Gasteiger partial charge in [0.15, 0.2) is 0 Å². The molecule has 0 aromatic carbocycles. The summed E-state index contributed by atoms with van der Waals surface area (Å²) < 4.78 is 0. The van der Waals surface area contributed by atoms with E-state index in [0.29, 0.717) is 0 Å². The molecule has 0 aromatic rings. The van der Waals surface area contributed by atoms with E-state index >= 15 is 0 Å². The molecule has 0 spiro atoms. The molecule has 0 aliphatic carbocycles. The third-order valence-electron chi connectivity index (χ3n) is 0. The van der Waals surface area contributed by atoms with E-state index in [-0.39, 0.29) is 106 Å². The van der Waals surface area contributed by atoms with Crippen LogP contribution in [-0.4, -0.2) is 27.3 Å². The summed E-state index contributed by atoms with van der Waals surface area (Å²) in [5.41, 5.74) is 0. The van der Waals surface area contributed by atoms with E-state index < -0.39 is 0 Å². The Bertz CT molecular complexity index is 8.04. The Labute approximate surface area is 105 Å². The first kappa shape index (κ1) is 93.5. The van der Waals surface area contributed by atoms with Crippen molar-refractivity contribution < 1.29 is 79.1 Å². The van der Waals surface area contributed by atoms with Gasteiger partial charge in [-0.1, -0.05) is 0 Å². The molecule has 0 unspecified atom stereocenters. The summed E-state index contributed by atoms with van der Waals surface area (Å²) in [5, 5.41) is 0. The molecule has 0 saturated carbocycles. The summed E-state index contributed by atoms with van der Waals surface area (Å²) >= 11 is 0. The van der Waals surface area contributed by atoms with Gasteiger partial charge in [-0.05, 0) is 0 Å². The number of hydrogen-bond acceptors (Lipinski definition) is 0. The monoisotopic (exact) mass is 439 g/mol. The molecule has 7 heteroatoms. The summed E-state index contributed by atoms with van der Waals surface area (Å²) in [5.74, 6) is 0. The largest absolute Gasteiger partial charge is 3.00 e. The fraction of sp³-hybridized carbons (Fsp3) is 0. The Balaban J connectivity index is 0. The Morgan fingerprint density at radius 1 is 0.429 bits per heavy atom. The van der Waals surface area contributed by atoms with Crippen LogP contribution in [0.3, 0.4) is 0 Å². The first-order valence-corrected chi connectivity index (χ1v) is 0. The summed E-state index contributed by atoms with van der Waals surface area (Å²) in [6.45, 7) is 0. The van der Waals surface area contributed by atoms with E-state index in [1.807, 2.05) is 0 Å². The second-order valence-corrected chi connectivity index (χ2v) is 0. The molecule has 0 aromatic heterocycles. The van der Waals surface area contributed by atoms with E-state index in [9.17, 15) is 0 Å².